The van der Waals surface area contributed by atoms with Gasteiger partial charge >= 0.3 is 6.09 Å². The van der Waals surface area contributed by atoms with E-state index >= 15 is 0 Å². The number of carbonyl (C=O) groups is 1. The van der Waals surface area contributed by atoms with Crippen molar-refractivity contribution in [2.24, 2.45) is 0 Å². The Balaban J connectivity index is 2.05. The van der Waals surface area contributed by atoms with Crippen molar-refractivity contribution >= 4 is 17.5 Å². The number of aryl methyl sites for hydroxylation is 1. The maximum atomic E-state index is 11.8. The normalized spacial score (nSPS) is 19.0. The molecule has 1 unspecified atom stereocenters. The van der Waals surface area contributed by atoms with Gasteiger partial charge in [0.2, 0.25) is 0 Å². The minimum Gasteiger partial charge on any atom is -0.444 e. The molecular formula is C17H26N2O3. The van der Waals surface area contributed by atoms with Gasteiger partial charge in [-0.3, -0.25) is 5.32 Å². The predicted molar refractivity (Wildman–Crippen MR) is 88.5 cm³/mol. The second-order valence-corrected chi connectivity index (χ2v) is 6.87. The number of β-amino-alcohol motifs (C(OH)–C–C–N with tert-alkyl or cyclic N) is 1. The molecule has 1 atom stereocenters. The molecule has 1 aliphatic rings. The SMILES string of the molecule is Cc1cc(N2CCCC(O)C2)ccc1NC(=O)OC(C)(C)C. The number of benzene rings is 1. The summed E-state index contributed by atoms with van der Waals surface area (Å²) in [6.45, 7) is 9.09. The van der Waals surface area contributed by atoms with Crippen molar-refractivity contribution < 1.29 is 14.6 Å². The van der Waals surface area contributed by atoms with Crippen LogP contribution in [-0.4, -0.2) is 36.0 Å². The van der Waals surface area contributed by atoms with Crippen LogP contribution in [0.4, 0.5) is 16.2 Å². The van der Waals surface area contributed by atoms with Crippen molar-refractivity contribution in [2.45, 2.75) is 52.2 Å². The monoisotopic (exact) mass is 306 g/mol. The molecule has 1 aromatic carbocycles. The van der Waals surface area contributed by atoms with Gasteiger partial charge in [0.1, 0.15) is 5.60 Å². The fourth-order valence-corrected chi connectivity index (χ4v) is 2.59. The van der Waals surface area contributed by atoms with Crippen LogP contribution >= 0.6 is 0 Å². The van der Waals surface area contributed by atoms with Crippen molar-refractivity contribution in [3.8, 4) is 0 Å². The van der Waals surface area contributed by atoms with Gasteiger partial charge in [0.05, 0.1) is 6.10 Å². The summed E-state index contributed by atoms with van der Waals surface area (Å²) in [5.74, 6) is 0. The number of aliphatic hydroxyl groups is 1. The Morgan fingerprint density at radius 1 is 1.41 bits per heavy atom. The molecule has 0 aliphatic carbocycles. The van der Waals surface area contributed by atoms with Crippen LogP contribution in [0.1, 0.15) is 39.2 Å². The Labute approximate surface area is 132 Å². The number of hydrogen-bond donors (Lipinski definition) is 2. The van der Waals surface area contributed by atoms with E-state index in [1.54, 1.807) is 0 Å². The van der Waals surface area contributed by atoms with E-state index in [1.165, 1.54) is 0 Å². The fraction of sp³-hybridized carbons (Fsp3) is 0.588. The predicted octanol–water partition coefficient (Wildman–Crippen LogP) is 3.30. The van der Waals surface area contributed by atoms with E-state index < -0.39 is 11.7 Å². The van der Waals surface area contributed by atoms with Crippen LogP contribution < -0.4 is 10.2 Å². The van der Waals surface area contributed by atoms with Gasteiger partial charge in [0, 0.05) is 24.5 Å². The highest BCUT2D eigenvalue weighted by atomic mass is 16.6. The largest absolute Gasteiger partial charge is 0.444 e. The van der Waals surface area contributed by atoms with Crippen LogP contribution in [-0.2, 0) is 4.74 Å². The van der Waals surface area contributed by atoms with E-state index in [1.807, 2.05) is 45.9 Å². The Kier molecular flexibility index (Phi) is 4.96. The molecular weight excluding hydrogens is 280 g/mol. The molecule has 5 nitrogen and oxygen atoms in total. The van der Waals surface area contributed by atoms with Crippen molar-refractivity contribution in [3.05, 3.63) is 23.8 Å². The third-order valence-corrected chi connectivity index (χ3v) is 3.61. The number of amides is 1. The Morgan fingerprint density at radius 2 is 2.14 bits per heavy atom. The van der Waals surface area contributed by atoms with E-state index in [0.717, 1.165) is 36.3 Å². The average molecular weight is 306 g/mol. The zero-order valence-corrected chi connectivity index (χ0v) is 13.8. The summed E-state index contributed by atoms with van der Waals surface area (Å²) >= 11 is 0. The number of carbonyl (C=O) groups excluding carboxylic acids is 1. The molecule has 0 aromatic heterocycles. The molecule has 1 saturated heterocycles. The average Bonchev–Trinajstić information content (AvgIpc) is 2.39. The second-order valence-electron chi connectivity index (χ2n) is 6.87. The summed E-state index contributed by atoms with van der Waals surface area (Å²) in [5, 5.41) is 12.6. The molecule has 1 amide bonds. The zero-order chi connectivity index (χ0) is 16.3. The van der Waals surface area contributed by atoms with Gasteiger partial charge in [-0.1, -0.05) is 0 Å². The summed E-state index contributed by atoms with van der Waals surface area (Å²) in [6.07, 6.45) is 1.16. The number of aliphatic hydroxyl groups excluding tert-OH is 1. The third-order valence-electron chi connectivity index (χ3n) is 3.61. The topological polar surface area (TPSA) is 61.8 Å². The van der Waals surface area contributed by atoms with Gasteiger partial charge in [0.25, 0.3) is 0 Å². The van der Waals surface area contributed by atoms with Crippen molar-refractivity contribution in [1.29, 1.82) is 0 Å². The third kappa shape index (κ3) is 4.63. The van der Waals surface area contributed by atoms with E-state index in [0.29, 0.717) is 6.54 Å². The van der Waals surface area contributed by atoms with Gasteiger partial charge in [0.15, 0.2) is 0 Å². The van der Waals surface area contributed by atoms with Gasteiger partial charge in [-0.2, -0.15) is 0 Å². The number of anilines is 2. The molecule has 1 heterocycles. The summed E-state index contributed by atoms with van der Waals surface area (Å²) < 4.78 is 5.26. The summed E-state index contributed by atoms with van der Waals surface area (Å²) in [7, 11) is 0. The van der Waals surface area contributed by atoms with Crippen LogP contribution in [0.5, 0.6) is 0 Å². The molecule has 5 heteroatoms. The van der Waals surface area contributed by atoms with Crippen LogP contribution in [0.25, 0.3) is 0 Å². The molecule has 0 spiro atoms. The first-order valence-corrected chi connectivity index (χ1v) is 7.78. The molecule has 2 rings (SSSR count). The van der Waals surface area contributed by atoms with Crippen LogP contribution in [0, 0.1) is 6.92 Å². The Bertz CT molecular complexity index is 537. The molecule has 0 bridgehead atoms. The minimum atomic E-state index is -0.512. The lowest BCUT2D eigenvalue weighted by atomic mass is 10.1. The van der Waals surface area contributed by atoms with E-state index in [2.05, 4.69) is 10.2 Å². The Hall–Kier alpha value is -1.75. The lowest BCUT2D eigenvalue weighted by molar-refractivity contribution is 0.0636. The number of ether oxygens (including phenoxy) is 1. The Morgan fingerprint density at radius 3 is 2.73 bits per heavy atom. The number of hydrogen-bond acceptors (Lipinski definition) is 4. The zero-order valence-electron chi connectivity index (χ0n) is 13.8. The molecule has 0 saturated carbocycles. The number of piperidine rings is 1. The standard InChI is InChI=1S/C17H26N2O3/c1-12-10-13(19-9-5-6-14(20)11-19)7-8-15(12)18-16(21)22-17(2,3)4/h7-8,10,14,20H,5-6,9,11H2,1-4H3,(H,18,21). The van der Waals surface area contributed by atoms with Crippen molar-refractivity contribution in [2.75, 3.05) is 23.3 Å². The molecule has 122 valence electrons. The first-order chi connectivity index (χ1) is 10.2. The van der Waals surface area contributed by atoms with E-state index in [9.17, 15) is 9.90 Å². The molecule has 22 heavy (non-hydrogen) atoms. The fourth-order valence-electron chi connectivity index (χ4n) is 2.59. The van der Waals surface area contributed by atoms with Crippen LogP contribution in [0.3, 0.4) is 0 Å². The quantitative estimate of drug-likeness (QED) is 0.880. The second kappa shape index (κ2) is 6.57. The first-order valence-electron chi connectivity index (χ1n) is 7.78. The van der Waals surface area contributed by atoms with Gasteiger partial charge < -0.3 is 14.7 Å². The van der Waals surface area contributed by atoms with E-state index in [-0.39, 0.29) is 6.10 Å². The highest BCUT2D eigenvalue weighted by Crippen LogP contribution is 2.25. The number of nitrogens with one attached hydrogen (secondary N) is 1. The lowest BCUT2D eigenvalue weighted by Crippen LogP contribution is -2.38. The summed E-state index contributed by atoms with van der Waals surface area (Å²) in [6, 6.07) is 5.89. The van der Waals surface area contributed by atoms with Crippen LogP contribution in [0.15, 0.2) is 18.2 Å². The van der Waals surface area contributed by atoms with Gasteiger partial charge in [-0.15, -0.1) is 0 Å². The smallest absolute Gasteiger partial charge is 0.412 e. The molecule has 1 aliphatic heterocycles. The summed E-state index contributed by atoms with van der Waals surface area (Å²) in [4.78, 5) is 14.0. The summed E-state index contributed by atoms with van der Waals surface area (Å²) in [5.41, 5.74) is 2.28. The molecule has 1 aromatic rings. The molecule has 1 fully saturated rings. The van der Waals surface area contributed by atoms with Crippen molar-refractivity contribution in [3.63, 3.8) is 0 Å². The van der Waals surface area contributed by atoms with Gasteiger partial charge in [-0.25, -0.2) is 4.79 Å². The van der Waals surface area contributed by atoms with Crippen LogP contribution in [0.2, 0.25) is 0 Å². The maximum Gasteiger partial charge on any atom is 0.412 e. The first kappa shape index (κ1) is 16.6. The highest BCUT2D eigenvalue weighted by Gasteiger charge is 2.19. The molecule has 0 radical (unpaired) electrons. The van der Waals surface area contributed by atoms with E-state index in [4.69, 9.17) is 4.74 Å². The number of nitrogens with zero attached hydrogens (tertiary/aromatic N) is 1. The highest BCUT2D eigenvalue weighted by molar-refractivity contribution is 5.86. The van der Waals surface area contributed by atoms with Crippen molar-refractivity contribution in [1.82, 2.24) is 0 Å². The number of rotatable bonds is 2. The lowest BCUT2D eigenvalue weighted by Gasteiger charge is -2.32. The molecule has 2 N–H and O–H groups in total. The maximum absolute atomic E-state index is 11.8. The minimum absolute atomic E-state index is 0.256. The van der Waals surface area contributed by atoms with Gasteiger partial charge in [-0.05, 0) is 64.3 Å².